The molecule has 0 aromatic carbocycles. The first kappa shape index (κ1) is 18.4. The molecule has 2 aromatic heterocycles. The summed E-state index contributed by atoms with van der Waals surface area (Å²) in [5, 5.41) is 24.3. The van der Waals surface area contributed by atoms with Crippen molar-refractivity contribution >= 4 is 17.5 Å². The molecule has 2 aliphatic heterocycles. The summed E-state index contributed by atoms with van der Waals surface area (Å²) in [7, 11) is 0. The Balaban J connectivity index is 1.47. The van der Waals surface area contributed by atoms with Crippen molar-refractivity contribution in [3.05, 3.63) is 24.2 Å². The molecule has 4 rings (SSSR count). The predicted octanol–water partition coefficient (Wildman–Crippen LogP) is 0.122. The van der Waals surface area contributed by atoms with Crippen LogP contribution in [0.1, 0.15) is 18.5 Å². The van der Waals surface area contributed by atoms with Crippen LogP contribution in [0.5, 0.6) is 0 Å². The molecule has 2 fully saturated rings. The highest BCUT2D eigenvalue weighted by molar-refractivity contribution is 5.66. The van der Waals surface area contributed by atoms with Gasteiger partial charge in [0.1, 0.15) is 36.7 Å². The van der Waals surface area contributed by atoms with Crippen molar-refractivity contribution in [2.75, 3.05) is 25.6 Å². The second kappa shape index (κ2) is 7.23. The number of carbonyl (C=O) groups excluding carboxylic acids is 1. The molecule has 0 radical (unpaired) electrons. The first-order valence-electron chi connectivity index (χ1n) is 8.79. The zero-order valence-corrected chi connectivity index (χ0v) is 14.9. The summed E-state index contributed by atoms with van der Waals surface area (Å²) in [5.41, 5.74) is 5.29. The molecule has 2 aromatic rings. The molecule has 0 spiro atoms. The number of anilines is 1. The minimum atomic E-state index is -1.47. The van der Waals surface area contributed by atoms with E-state index in [-0.39, 0.29) is 24.9 Å². The highest BCUT2D eigenvalue weighted by Gasteiger charge is 2.50. The van der Waals surface area contributed by atoms with Crippen LogP contribution in [-0.4, -0.2) is 64.0 Å². The maximum atomic E-state index is 11.8. The number of aromatic nitrogens is 3. The second-order valence-corrected chi connectivity index (χ2v) is 6.69. The molecule has 2 aliphatic rings. The molecule has 0 saturated carbocycles. The van der Waals surface area contributed by atoms with E-state index in [1.165, 1.54) is 10.8 Å². The molecule has 0 amide bonds. The number of nitrogens with two attached hydrogens (primary N) is 1. The number of nitriles is 1. The number of fused-ring (bicyclic) bond motifs is 1. The summed E-state index contributed by atoms with van der Waals surface area (Å²) >= 11 is 0. The van der Waals surface area contributed by atoms with E-state index in [0.29, 0.717) is 30.8 Å². The van der Waals surface area contributed by atoms with Gasteiger partial charge in [0.25, 0.3) is 0 Å². The predicted molar refractivity (Wildman–Crippen MR) is 91.8 cm³/mol. The number of aliphatic hydroxyl groups is 1. The number of rotatable bonds is 4. The van der Waals surface area contributed by atoms with Gasteiger partial charge >= 0.3 is 6.16 Å². The Morgan fingerprint density at radius 1 is 1.54 bits per heavy atom. The van der Waals surface area contributed by atoms with Crippen LogP contribution in [0.3, 0.4) is 0 Å². The van der Waals surface area contributed by atoms with Crippen molar-refractivity contribution in [2.45, 2.75) is 36.8 Å². The largest absolute Gasteiger partial charge is 0.508 e. The van der Waals surface area contributed by atoms with Crippen molar-refractivity contribution in [2.24, 2.45) is 0 Å². The van der Waals surface area contributed by atoms with Crippen LogP contribution < -0.4 is 5.73 Å². The number of ether oxygens (including phenoxy) is 4. The summed E-state index contributed by atoms with van der Waals surface area (Å²) in [6.07, 6.45) is -1.25. The molecule has 28 heavy (non-hydrogen) atoms. The fourth-order valence-electron chi connectivity index (χ4n) is 3.44. The summed E-state index contributed by atoms with van der Waals surface area (Å²) in [6.45, 7) is 0.616. The molecule has 148 valence electrons. The van der Waals surface area contributed by atoms with Gasteiger partial charge in [-0.2, -0.15) is 10.4 Å². The summed E-state index contributed by atoms with van der Waals surface area (Å²) in [4.78, 5) is 15.7. The van der Waals surface area contributed by atoms with E-state index in [9.17, 15) is 15.2 Å². The lowest BCUT2D eigenvalue weighted by molar-refractivity contribution is -0.0679. The van der Waals surface area contributed by atoms with Gasteiger partial charge in [0, 0.05) is 12.8 Å². The van der Waals surface area contributed by atoms with E-state index in [2.05, 4.69) is 16.2 Å². The molecular formula is C17H19N5O6. The summed E-state index contributed by atoms with van der Waals surface area (Å²) in [6, 6.07) is 5.42. The van der Waals surface area contributed by atoms with Crippen LogP contribution in [0.15, 0.2) is 18.5 Å². The molecular weight excluding hydrogens is 370 g/mol. The molecule has 2 saturated heterocycles. The normalized spacial score (nSPS) is 29.6. The van der Waals surface area contributed by atoms with Crippen molar-refractivity contribution in [3.63, 3.8) is 0 Å². The van der Waals surface area contributed by atoms with Crippen LogP contribution >= 0.6 is 0 Å². The third-order valence-corrected chi connectivity index (χ3v) is 4.87. The average molecular weight is 389 g/mol. The first-order valence-corrected chi connectivity index (χ1v) is 8.79. The third kappa shape index (κ3) is 3.22. The monoisotopic (exact) mass is 389 g/mol. The molecule has 4 atom stereocenters. The number of hydrogen-bond acceptors (Lipinski definition) is 10. The maximum absolute atomic E-state index is 11.8. The van der Waals surface area contributed by atoms with Crippen LogP contribution in [0.2, 0.25) is 0 Å². The maximum Gasteiger partial charge on any atom is 0.508 e. The minimum Gasteiger partial charge on any atom is -0.431 e. The van der Waals surface area contributed by atoms with E-state index >= 15 is 0 Å². The zero-order valence-electron chi connectivity index (χ0n) is 14.9. The Bertz CT molecular complexity index is 920. The van der Waals surface area contributed by atoms with Gasteiger partial charge < -0.3 is 29.8 Å². The van der Waals surface area contributed by atoms with E-state index in [0.717, 1.165) is 0 Å². The average Bonchev–Trinajstić information content (AvgIpc) is 3.40. The Morgan fingerprint density at radius 3 is 3.14 bits per heavy atom. The van der Waals surface area contributed by atoms with E-state index in [1.54, 1.807) is 12.1 Å². The highest BCUT2D eigenvalue weighted by Crippen LogP contribution is 2.40. The molecule has 0 bridgehead atoms. The number of hydrogen-bond donors (Lipinski definition) is 2. The SMILES string of the molecule is N#C[C@]1(c2ccc3c(N)ncnn23)C[C@H](O)[C@@H](COC(=O)OC2CCOC2)O1. The van der Waals surface area contributed by atoms with Crippen LogP contribution in [0, 0.1) is 11.3 Å². The van der Waals surface area contributed by atoms with Gasteiger partial charge in [0.05, 0.1) is 25.0 Å². The quantitative estimate of drug-likeness (QED) is 0.689. The fourth-order valence-corrected chi connectivity index (χ4v) is 3.44. The van der Waals surface area contributed by atoms with Crippen molar-refractivity contribution in [1.82, 2.24) is 14.6 Å². The Morgan fingerprint density at radius 2 is 2.39 bits per heavy atom. The molecule has 11 nitrogen and oxygen atoms in total. The lowest BCUT2D eigenvalue weighted by atomic mass is 9.96. The van der Waals surface area contributed by atoms with Gasteiger partial charge in [0.15, 0.2) is 11.4 Å². The van der Waals surface area contributed by atoms with Crippen LogP contribution in [0.4, 0.5) is 10.6 Å². The zero-order chi connectivity index (χ0) is 19.7. The smallest absolute Gasteiger partial charge is 0.431 e. The third-order valence-electron chi connectivity index (χ3n) is 4.87. The van der Waals surface area contributed by atoms with E-state index in [4.69, 9.17) is 24.7 Å². The van der Waals surface area contributed by atoms with Gasteiger partial charge in [-0.1, -0.05) is 0 Å². The van der Waals surface area contributed by atoms with Gasteiger partial charge in [-0.05, 0) is 12.1 Å². The van der Waals surface area contributed by atoms with Crippen molar-refractivity contribution < 1.29 is 28.8 Å². The van der Waals surface area contributed by atoms with Crippen LogP contribution in [-0.2, 0) is 24.5 Å². The standard InChI is InChI=1S/C17H19N5O6/c18-8-17(14-2-1-11-15(19)20-9-21-22(11)14)5-12(23)13(28-17)7-26-16(24)27-10-3-4-25-6-10/h1-2,9-10,12-13,23H,3-7H2,(H2,19,20,21)/t10?,12-,13+,17-/m0/s1. The summed E-state index contributed by atoms with van der Waals surface area (Å²) < 4.78 is 22.6. The first-order chi connectivity index (χ1) is 13.5. The molecule has 4 heterocycles. The minimum absolute atomic E-state index is 0.0148. The van der Waals surface area contributed by atoms with E-state index in [1.807, 2.05) is 0 Å². The molecule has 11 heteroatoms. The second-order valence-electron chi connectivity index (χ2n) is 6.69. The number of carbonyl (C=O) groups is 1. The van der Waals surface area contributed by atoms with Crippen LogP contribution in [0.25, 0.3) is 5.52 Å². The Labute approximate surface area is 159 Å². The van der Waals surface area contributed by atoms with Gasteiger partial charge in [-0.15, -0.1) is 0 Å². The molecule has 0 aliphatic carbocycles. The van der Waals surface area contributed by atoms with Crippen molar-refractivity contribution in [3.8, 4) is 6.07 Å². The lowest BCUT2D eigenvalue weighted by Gasteiger charge is -2.21. The molecule has 3 N–H and O–H groups in total. The number of nitrogens with zero attached hydrogens (tertiary/aromatic N) is 4. The summed E-state index contributed by atoms with van der Waals surface area (Å²) in [5.74, 6) is 0.256. The topological polar surface area (TPSA) is 154 Å². The van der Waals surface area contributed by atoms with E-state index < -0.39 is 24.0 Å². The van der Waals surface area contributed by atoms with Gasteiger partial charge in [-0.3, -0.25) is 0 Å². The lowest BCUT2D eigenvalue weighted by Crippen LogP contribution is -2.31. The fraction of sp³-hybridized carbons (Fsp3) is 0.529. The van der Waals surface area contributed by atoms with Gasteiger partial charge in [-0.25, -0.2) is 14.3 Å². The van der Waals surface area contributed by atoms with Crippen molar-refractivity contribution in [1.29, 1.82) is 5.26 Å². The number of aliphatic hydroxyl groups excluding tert-OH is 1. The Kier molecular flexibility index (Phi) is 4.76. The number of nitrogen functional groups attached to an aromatic ring is 1. The highest BCUT2D eigenvalue weighted by atomic mass is 16.7. The molecule has 1 unspecified atom stereocenters. The Hall–Kier alpha value is -2.94. The van der Waals surface area contributed by atoms with Gasteiger partial charge in [0.2, 0.25) is 0 Å².